The maximum atomic E-state index is 6.02. The van der Waals surface area contributed by atoms with Crippen LogP contribution >= 0.6 is 35.0 Å². The third kappa shape index (κ3) is 4.39. The Morgan fingerprint density at radius 1 is 0.960 bits per heavy atom. The first-order valence-corrected chi connectivity index (χ1v) is 8.97. The maximum absolute atomic E-state index is 6.02. The van der Waals surface area contributed by atoms with E-state index in [9.17, 15) is 0 Å². The highest BCUT2D eigenvalue weighted by atomic mass is 35.5. The lowest BCUT2D eigenvalue weighted by molar-refractivity contribution is 0.394. The van der Waals surface area contributed by atoms with E-state index in [2.05, 4.69) is 10.2 Å². The van der Waals surface area contributed by atoms with Crippen LogP contribution in [0.15, 0.2) is 46.0 Å². The van der Waals surface area contributed by atoms with Crippen molar-refractivity contribution < 1.29 is 13.9 Å². The van der Waals surface area contributed by atoms with E-state index in [1.807, 2.05) is 24.3 Å². The number of rotatable bonds is 6. The van der Waals surface area contributed by atoms with Crippen LogP contribution in [0.2, 0.25) is 10.0 Å². The zero-order chi connectivity index (χ0) is 17.8. The molecule has 0 aliphatic rings. The maximum Gasteiger partial charge on any atom is 0.277 e. The van der Waals surface area contributed by atoms with Crippen LogP contribution in [0.3, 0.4) is 0 Å². The van der Waals surface area contributed by atoms with E-state index in [4.69, 9.17) is 37.1 Å². The summed E-state index contributed by atoms with van der Waals surface area (Å²) in [5.41, 5.74) is 1.74. The van der Waals surface area contributed by atoms with Gasteiger partial charge < -0.3 is 13.9 Å². The number of nitrogens with zero attached hydrogens (tertiary/aromatic N) is 2. The molecule has 0 radical (unpaired) electrons. The molecule has 0 spiro atoms. The molecule has 25 heavy (non-hydrogen) atoms. The van der Waals surface area contributed by atoms with Gasteiger partial charge in [-0.05, 0) is 29.8 Å². The number of ether oxygens (including phenoxy) is 2. The predicted octanol–water partition coefficient (Wildman–Crippen LogP) is 5.35. The van der Waals surface area contributed by atoms with Crippen LogP contribution < -0.4 is 9.47 Å². The smallest absolute Gasteiger partial charge is 0.277 e. The Labute approximate surface area is 159 Å². The first-order valence-electron chi connectivity index (χ1n) is 7.22. The van der Waals surface area contributed by atoms with E-state index in [0.29, 0.717) is 38.4 Å². The van der Waals surface area contributed by atoms with Gasteiger partial charge in [-0.25, -0.2) is 0 Å². The van der Waals surface area contributed by atoms with Crippen molar-refractivity contribution in [2.75, 3.05) is 14.2 Å². The van der Waals surface area contributed by atoms with E-state index in [0.717, 1.165) is 11.1 Å². The lowest BCUT2D eigenvalue weighted by Gasteiger charge is -2.05. The summed E-state index contributed by atoms with van der Waals surface area (Å²) >= 11 is 13.4. The van der Waals surface area contributed by atoms with E-state index in [1.54, 1.807) is 26.4 Å². The fraction of sp³-hybridized carbons (Fsp3) is 0.176. The first-order chi connectivity index (χ1) is 12.1. The number of aromatic nitrogens is 2. The highest BCUT2D eigenvalue weighted by Gasteiger charge is 2.12. The van der Waals surface area contributed by atoms with Crippen molar-refractivity contribution in [2.45, 2.75) is 11.0 Å². The van der Waals surface area contributed by atoms with Gasteiger partial charge in [0, 0.05) is 17.4 Å². The quantitative estimate of drug-likeness (QED) is 0.523. The second kappa shape index (κ2) is 7.99. The van der Waals surface area contributed by atoms with Crippen molar-refractivity contribution in [2.24, 2.45) is 0 Å². The molecule has 1 heterocycles. The molecule has 3 aromatic rings. The van der Waals surface area contributed by atoms with Crippen molar-refractivity contribution in [1.29, 1.82) is 0 Å². The van der Waals surface area contributed by atoms with Gasteiger partial charge in [0.1, 0.15) is 11.5 Å². The van der Waals surface area contributed by atoms with Gasteiger partial charge in [0.15, 0.2) is 0 Å². The highest BCUT2D eigenvalue weighted by Crippen LogP contribution is 2.32. The second-order valence-corrected chi connectivity index (χ2v) is 6.75. The van der Waals surface area contributed by atoms with Gasteiger partial charge in [-0.2, -0.15) is 0 Å². The lowest BCUT2D eigenvalue weighted by Crippen LogP contribution is -1.88. The number of benzene rings is 2. The van der Waals surface area contributed by atoms with Crippen molar-refractivity contribution in [1.82, 2.24) is 10.2 Å². The summed E-state index contributed by atoms with van der Waals surface area (Å²) in [6.07, 6.45) is 0. The Balaban J connectivity index is 1.75. The van der Waals surface area contributed by atoms with Crippen molar-refractivity contribution >= 4 is 35.0 Å². The summed E-state index contributed by atoms with van der Waals surface area (Å²) in [6, 6.07) is 10.9. The van der Waals surface area contributed by atoms with Crippen LogP contribution in [-0.4, -0.2) is 24.4 Å². The predicted molar refractivity (Wildman–Crippen MR) is 98.9 cm³/mol. The molecule has 0 aliphatic heterocycles. The van der Waals surface area contributed by atoms with Crippen LogP contribution in [-0.2, 0) is 5.75 Å². The summed E-state index contributed by atoms with van der Waals surface area (Å²) in [7, 11) is 3.18. The normalized spacial score (nSPS) is 10.7. The van der Waals surface area contributed by atoms with Crippen LogP contribution in [0.4, 0.5) is 0 Å². The SMILES string of the molecule is COc1cc(OC)cc(-c2nnc(SCc3ccc(Cl)c(Cl)c3)o2)c1. The second-order valence-electron chi connectivity index (χ2n) is 5.01. The number of halogens is 2. The standard InChI is InChI=1S/C17H14Cl2N2O3S/c1-22-12-6-11(7-13(8-12)23-2)16-20-21-17(24-16)25-9-10-3-4-14(18)15(19)5-10/h3-8H,9H2,1-2H3. The average Bonchev–Trinajstić information content (AvgIpc) is 3.11. The largest absolute Gasteiger partial charge is 0.497 e. The molecule has 5 nitrogen and oxygen atoms in total. The molecular formula is C17H14Cl2N2O3S. The summed E-state index contributed by atoms with van der Waals surface area (Å²) in [5, 5.41) is 9.66. The van der Waals surface area contributed by atoms with Crippen LogP contribution in [0.25, 0.3) is 11.5 Å². The molecule has 130 valence electrons. The molecule has 3 rings (SSSR count). The third-order valence-electron chi connectivity index (χ3n) is 3.35. The monoisotopic (exact) mass is 396 g/mol. The van der Waals surface area contributed by atoms with Crippen LogP contribution in [0.1, 0.15) is 5.56 Å². The minimum atomic E-state index is 0.397. The molecular weight excluding hydrogens is 383 g/mol. The molecule has 0 saturated heterocycles. The van der Waals surface area contributed by atoms with E-state index in [1.165, 1.54) is 11.8 Å². The first kappa shape index (κ1) is 17.9. The Bertz CT molecular complexity index is 864. The van der Waals surface area contributed by atoms with Gasteiger partial charge in [-0.3, -0.25) is 0 Å². The third-order valence-corrected chi connectivity index (χ3v) is 4.98. The van der Waals surface area contributed by atoms with Crippen molar-refractivity contribution in [3.63, 3.8) is 0 Å². The van der Waals surface area contributed by atoms with E-state index in [-0.39, 0.29) is 0 Å². The zero-order valence-corrected chi connectivity index (χ0v) is 15.8. The van der Waals surface area contributed by atoms with Gasteiger partial charge in [0.05, 0.1) is 24.3 Å². The molecule has 0 saturated carbocycles. The minimum absolute atomic E-state index is 0.397. The van der Waals surface area contributed by atoms with Crippen LogP contribution in [0, 0.1) is 0 Å². The fourth-order valence-corrected chi connectivity index (χ4v) is 3.12. The lowest BCUT2D eigenvalue weighted by atomic mass is 10.2. The average molecular weight is 397 g/mol. The number of hydrogen-bond donors (Lipinski definition) is 0. The van der Waals surface area contributed by atoms with Crippen molar-refractivity contribution in [3.8, 4) is 23.0 Å². The highest BCUT2D eigenvalue weighted by molar-refractivity contribution is 7.98. The molecule has 0 fully saturated rings. The van der Waals surface area contributed by atoms with Gasteiger partial charge in [0.2, 0.25) is 5.89 Å². The fourth-order valence-electron chi connectivity index (χ4n) is 2.09. The Hall–Kier alpha value is -1.89. The molecule has 0 unspecified atom stereocenters. The summed E-state index contributed by atoms with van der Waals surface area (Å²) in [6.45, 7) is 0. The molecule has 8 heteroatoms. The number of methoxy groups -OCH3 is 2. The summed E-state index contributed by atoms with van der Waals surface area (Å²) < 4.78 is 16.2. The molecule has 0 N–H and O–H groups in total. The van der Waals surface area contributed by atoms with E-state index >= 15 is 0 Å². The number of thioether (sulfide) groups is 1. The topological polar surface area (TPSA) is 57.4 Å². The Morgan fingerprint density at radius 3 is 2.32 bits per heavy atom. The van der Waals surface area contributed by atoms with Gasteiger partial charge in [-0.15, -0.1) is 10.2 Å². The van der Waals surface area contributed by atoms with Crippen molar-refractivity contribution in [3.05, 3.63) is 52.0 Å². The molecule has 0 aliphatic carbocycles. The van der Waals surface area contributed by atoms with Gasteiger partial charge >= 0.3 is 0 Å². The molecule has 1 aromatic heterocycles. The van der Waals surface area contributed by atoms with Crippen LogP contribution in [0.5, 0.6) is 11.5 Å². The summed E-state index contributed by atoms with van der Waals surface area (Å²) in [4.78, 5) is 0. The Morgan fingerprint density at radius 2 is 1.68 bits per heavy atom. The van der Waals surface area contributed by atoms with Gasteiger partial charge in [-0.1, -0.05) is 41.0 Å². The number of hydrogen-bond acceptors (Lipinski definition) is 6. The minimum Gasteiger partial charge on any atom is -0.497 e. The zero-order valence-electron chi connectivity index (χ0n) is 13.5. The molecule has 2 aromatic carbocycles. The van der Waals surface area contributed by atoms with E-state index < -0.39 is 0 Å². The molecule has 0 atom stereocenters. The molecule has 0 bridgehead atoms. The molecule has 0 amide bonds. The summed E-state index contributed by atoms with van der Waals surface area (Å²) in [5.74, 6) is 2.34. The van der Waals surface area contributed by atoms with Gasteiger partial charge in [0.25, 0.3) is 5.22 Å². The Kier molecular flexibility index (Phi) is 5.73.